The van der Waals surface area contributed by atoms with Crippen molar-refractivity contribution in [1.82, 2.24) is 9.55 Å². The maximum atomic E-state index is 11.9. The smallest absolute Gasteiger partial charge is 0.241 e. The molecule has 0 bridgehead atoms. The van der Waals surface area contributed by atoms with Gasteiger partial charge in [-0.25, -0.2) is 4.98 Å². The lowest BCUT2D eigenvalue weighted by Gasteiger charge is -2.15. The van der Waals surface area contributed by atoms with E-state index in [2.05, 4.69) is 10.3 Å². The van der Waals surface area contributed by atoms with Gasteiger partial charge in [-0.3, -0.25) is 4.79 Å². The first kappa shape index (κ1) is 15.6. The van der Waals surface area contributed by atoms with Crippen LogP contribution >= 0.6 is 11.8 Å². The topological polar surface area (TPSA) is 72.9 Å². The van der Waals surface area contributed by atoms with Crippen LogP contribution in [0.15, 0.2) is 46.7 Å². The highest BCUT2D eigenvalue weighted by Crippen LogP contribution is 2.26. The molecule has 112 valence electrons. The van der Waals surface area contributed by atoms with Gasteiger partial charge in [0.25, 0.3) is 0 Å². The Labute approximate surface area is 128 Å². The number of anilines is 1. The number of nitrogens with zero attached hydrogens (tertiary/aromatic N) is 2. The van der Waals surface area contributed by atoms with Gasteiger partial charge in [-0.05, 0) is 30.2 Å². The number of rotatable bonds is 5. The van der Waals surface area contributed by atoms with Crippen LogP contribution in [0, 0.1) is 5.92 Å². The first-order valence-corrected chi connectivity index (χ1v) is 7.60. The molecule has 0 unspecified atom stereocenters. The van der Waals surface area contributed by atoms with Gasteiger partial charge in [-0.15, -0.1) is 0 Å². The van der Waals surface area contributed by atoms with Gasteiger partial charge in [-0.1, -0.05) is 25.6 Å². The number of benzene rings is 1. The number of nitrogens with two attached hydrogens (primary N) is 1. The van der Waals surface area contributed by atoms with Crippen LogP contribution in [0.5, 0.6) is 0 Å². The molecule has 0 aliphatic carbocycles. The number of aryl methyl sites for hydroxylation is 1. The minimum atomic E-state index is -0.494. The number of hydrogen-bond donors (Lipinski definition) is 2. The van der Waals surface area contributed by atoms with Gasteiger partial charge in [0.1, 0.15) is 0 Å². The molecule has 1 atom stereocenters. The van der Waals surface area contributed by atoms with Crippen molar-refractivity contribution in [3.63, 3.8) is 0 Å². The Hall–Kier alpha value is -1.79. The molecule has 0 saturated heterocycles. The molecule has 1 aromatic carbocycles. The monoisotopic (exact) mass is 304 g/mol. The minimum absolute atomic E-state index is 0.114. The summed E-state index contributed by atoms with van der Waals surface area (Å²) >= 11 is 1.57. The maximum Gasteiger partial charge on any atom is 0.241 e. The van der Waals surface area contributed by atoms with Crippen LogP contribution in [0.4, 0.5) is 5.69 Å². The summed E-state index contributed by atoms with van der Waals surface area (Å²) in [5.41, 5.74) is 6.57. The molecule has 0 fully saturated rings. The lowest BCUT2D eigenvalue weighted by molar-refractivity contribution is -0.118. The summed E-state index contributed by atoms with van der Waals surface area (Å²) in [6.45, 7) is 3.85. The number of hydrogen-bond acceptors (Lipinski definition) is 4. The number of aromatic nitrogens is 2. The molecule has 0 radical (unpaired) electrons. The second-order valence-electron chi connectivity index (χ2n) is 5.21. The second kappa shape index (κ2) is 6.78. The average molecular weight is 304 g/mol. The maximum absolute atomic E-state index is 11.9. The molecule has 1 amide bonds. The molecule has 5 nitrogen and oxygen atoms in total. The minimum Gasteiger partial charge on any atom is -0.329 e. The van der Waals surface area contributed by atoms with Crippen molar-refractivity contribution in [2.75, 3.05) is 5.32 Å². The molecule has 21 heavy (non-hydrogen) atoms. The van der Waals surface area contributed by atoms with Crippen LogP contribution < -0.4 is 11.1 Å². The molecule has 0 saturated carbocycles. The van der Waals surface area contributed by atoms with Crippen LogP contribution in [0.3, 0.4) is 0 Å². The third-order valence-electron chi connectivity index (χ3n) is 3.13. The largest absolute Gasteiger partial charge is 0.329 e. The lowest BCUT2D eigenvalue weighted by atomic mass is 10.1. The first-order valence-electron chi connectivity index (χ1n) is 6.79. The molecule has 1 aromatic heterocycles. The summed E-state index contributed by atoms with van der Waals surface area (Å²) in [6, 6.07) is 7.16. The highest BCUT2D eigenvalue weighted by Gasteiger charge is 2.17. The van der Waals surface area contributed by atoms with E-state index in [0.29, 0.717) is 0 Å². The normalized spacial score (nSPS) is 12.4. The second-order valence-corrected chi connectivity index (χ2v) is 6.25. The van der Waals surface area contributed by atoms with E-state index in [4.69, 9.17) is 5.73 Å². The van der Waals surface area contributed by atoms with Crippen molar-refractivity contribution >= 4 is 23.4 Å². The van der Waals surface area contributed by atoms with E-state index in [0.717, 1.165) is 15.7 Å². The molecule has 1 heterocycles. The first-order chi connectivity index (χ1) is 9.97. The number of nitrogens with one attached hydrogen (secondary N) is 1. The van der Waals surface area contributed by atoms with Crippen LogP contribution in [-0.2, 0) is 11.8 Å². The van der Waals surface area contributed by atoms with Crippen LogP contribution in [0.25, 0.3) is 0 Å². The van der Waals surface area contributed by atoms with Crippen molar-refractivity contribution < 1.29 is 4.79 Å². The van der Waals surface area contributed by atoms with Gasteiger partial charge >= 0.3 is 0 Å². The fourth-order valence-corrected chi connectivity index (χ4v) is 2.49. The summed E-state index contributed by atoms with van der Waals surface area (Å²) in [5, 5.41) is 3.75. The summed E-state index contributed by atoms with van der Waals surface area (Å²) < 4.78 is 1.96. The van der Waals surface area contributed by atoms with Crippen molar-refractivity contribution in [3.8, 4) is 0 Å². The van der Waals surface area contributed by atoms with E-state index in [-0.39, 0.29) is 11.8 Å². The highest BCUT2D eigenvalue weighted by atomic mass is 32.2. The Morgan fingerprint density at radius 3 is 2.52 bits per heavy atom. The van der Waals surface area contributed by atoms with Crippen molar-refractivity contribution in [2.45, 2.75) is 29.9 Å². The van der Waals surface area contributed by atoms with Crippen LogP contribution in [-0.4, -0.2) is 21.5 Å². The van der Waals surface area contributed by atoms with Crippen molar-refractivity contribution in [2.24, 2.45) is 18.7 Å². The molecule has 2 aromatic rings. The SMILES string of the molecule is CC(C)[C@H](N)C(=O)Nc1ccc(Sc2nccn2C)cc1. The Morgan fingerprint density at radius 1 is 1.33 bits per heavy atom. The molecular formula is C15H20N4OS. The lowest BCUT2D eigenvalue weighted by Crippen LogP contribution is -2.39. The van der Waals surface area contributed by atoms with Gasteiger partial charge in [0.05, 0.1) is 6.04 Å². The zero-order valence-corrected chi connectivity index (χ0v) is 13.2. The zero-order valence-electron chi connectivity index (χ0n) is 12.4. The van der Waals surface area contributed by atoms with Gasteiger partial charge in [0.15, 0.2) is 5.16 Å². The Bertz CT molecular complexity index is 606. The predicted octanol–water partition coefficient (Wildman–Crippen LogP) is 2.49. The fourth-order valence-electron chi connectivity index (χ4n) is 1.69. The number of carbonyl (C=O) groups is 1. The van der Waals surface area contributed by atoms with Gasteiger partial charge in [0.2, 0.25) is 5.91 Å². The molecule has 0 spiro atoms. The quantitative estimate of drug-likeness (QED) is 0.890. The van der Waals surface area contributed by atoms with Gasteiger partial charge in [0, 0.05) is 30.0 Å². The average Bonchev–Trinajstić information content (AvgIpc) is 2.85. The summed E-state index contributed by atoms with van der Waals surface area (Å²) in [7, 11) is 1.96. The molecule has 0 aliphatic heterocycles. The van der Waals surface area contributed by atoms with Crippen molar-refractivity contribution in [1.29, 1.82) is 0 Å². The summed E-state index contributed by atoms with van der Waals surface area (Å²) in [4.78, 5) is 17.2. The fraction of sp³-hybridized carbons (Fsp3) is 0.333. The number of carbonyl (C=O) groups excluding carboxylic acids is 1. The number of imidazole rings is 1. The Balaban J connectivity index is 1.99. The molecule has 2 rings (SSSR count). The standard InChI is InChI=1S/C15H20N4OS/c1-10(2)13(16)14(20)18-11-4-6-12(7-5-11)21-15-17-8-9-19(15)3/h4-10,13H,16H2,1-3H3,(H,18,20)/t13-/m0/s1. The van der Waals surface area contributed by atoms with E-state index in [1.165, 1.54) is 0 Å². The van der Waals surface area contributed by atoms with E-state index in [1.807, 2.05) is 55.9 Å². The Kier molecular flexibility index (Phi) is 5.03. The zero-order chi connectivity index (χ0) is 15.4. The highest BCUT2D eigenvalue weighted by molar-refractivity contribution is 7.99. The Morgan fingerprint density at radius 2 is 2.00 bits per heavy atom. The predicted molar refractivity (Wildman–Crippen MR) is 85.2 cm³/mol. The van der Waals surface area contributed by atoms with E-state index >= 15 is 0 Å². The third kappa shape index (κ3) is 4.09. The molecule has 3 N–H and O–H groups in total. The summed E-state index contributed by atoms with van der Waals surface area (Å²) in [6.07, 6.45) is 3.68. The van der Waals surface area contributed by atoms with Crippen LogP contribution in [0.1, 0.15) is 13.8 Å². The molecule has 0 aliphatic rings. The van der Waals surface area contributed by atoms with Gasteiger partial charge in [-0.2, -0.15) is 0 Å². The third-order valence-corrected chi connectivity index (χ3v) is 4.21. The van der Waals surface area contributed by atoms with E-state index in [1.54, 1.807) is 18.0 Å². The molecular weight excluding hydrogens is 284 g/mol. The molecule has 6 heteroatoms. The summed E-state index contributed by atoms with van der Waals surface area (Å²) in [5.74, 6) is -0.0438. The van der Waals surface area contributed by atoms with Crippen molar-refractivity contribution in [3.05, 3.63) is 36.7 Å². The van der Waals surface area contributed by atoms with Crippen LogP contribution in [0.2, 0.25) is 0 Å². The van der Waals surface area contributed by atoms with Gasteiger partial charge < -0.3 is 15.6 Å². The van der Waals surface area contributed by atoms with E-state index < -0.39 is 6.04 Å². The van der Waals surface area contributed by atoms with E-state index in [9.17, 15) is 4.79 Å². The number of amides is 1.